The summed E-state index contributed by atoms with van der Waals surface area (Å²) in [6.07, 6.45) is 0. The molecule has 1 N–H and O–H groups in total. The second kappa shape index (κ2) is 6.73. The minimum Gasteiger partial charge on any atom is -0.496 e. The Kier molecular flexibility index (Phi) is 4.99. The lowest BCUT2D eigenvalue weighted by atomic mass is 10.1. The van der Waals surface area contributed by atoms with Crippen molar-refractivity contribution in [3.05, 3.63) is 64.4 Å². The first kappa shape index (κ1) is 14.8. The molecule has 0 aromatic heterocycles. The van der Waals surface area contributed by atoms with Crippen molar-refractivity contribution in [1.29, 1.82) is 0 Å². The number of hydrogen-bond donors (Lipinski definition) is 1. The van der Waals surface area contributed by atoms with Gasteiger partial charge in [0.15, 0.2) is 0 Å². The number of rotatable bonds is 5. The Morgan fingerprint density at radius 3 is 2.75 bits per heavy atom. The van der Waals surface area contributed by atoms with Crippen molar-refractivity contribution < 1.29 is 9.13 Å². The van der Waals surface area contributed by atoms with Crippen LogP contribution < -0.4 is 10.1 Å². The number of halogens is 2. The Balaban J connectivity index is 2.06. The predicted octanol–water partition coefficient (Wildman–Crippen LogP) is 4.34. The summed E-state index contributed by atoms with van der Waals surface area (Å²) in [5, 5.41) is 4.01. The van der Waals surface area contributed by atoms with E-state index >= 15 is 0 Å². The number of ether oxygens (including phenoxy) is 1. The van der Waals surface area contributed by atoms with Crippen LogP contribution >= 0.6 is 11.6 Å². The lowest BCUT2D eigenvalue weighted by Crippen LogP contribution is -2.18. The fourth-order valence-electron chi connectivity index (χ4n) is 2.04. The normalized spacial score (nSPS) is 12.2. The smallest absolute Gasteiger partial charge is 0.123 e. The molecule has 0 bridgehead atoms. The quantitative estimate of drug-likeness (QED) is 0.885. The molecule has 0 aliphatic heterocycles. The molecule has 2 aromatic rings. The van der Waals surface area contributed by atoms with Gasteiger partial charge in [-0.25, -0.2) is 4.39 Å². The summed E-state index contributed by atoms with van der Waals surface area (Å²) >= 11 is 5.99. The first-order chi connectivity index (χ1) is 9.60. The van der Waals surface area contributed by atoms with E-state index in [1.54, 1.807) is 19.2 Å². The molecule has 2 aromatic carbocycles. The predicted molar refractivity (Wildman–Crippen MR) is 79.7 cm³/mol. The maximum Gasteiger partial charge on any atom is 0.123 e. The van der Waals surface area contributed by atoms with Crippen molar-refractivity contribution in [2.75, 3.05) is 7.11 Å². The van der Waals surface area contributed by atoms with Crippen LogP contribution in [0.5, 0.6) is 5.75 Å². The lowest BCUT2D eigenvalue weighted by Gasteiger charge is -2.16. The summed E-state index contributed by atoms with van der Waals surface area (Å²) in [4.78, 5) is 0. The minimum absolute atomic E-state index is 0.0365. The summed E-state index contributed by atoms with van der Waals surface area (Å²) in [5.41, 5.74) is 1.88. The highest BCUT2D eigenvalue weighted by atomic mass is 35.5. The highest BCUT2D eigenvalue weighted by molar-refractivity contribution is 6.30. The van der Waals surface area contributed by atoms with E-state index in [0.717, 1.165) is 16.9 Å². The molecule has 106 valence electrons. The van der Waals surface area contributed by atoms with Crippen LogP contribution in [0.4, 0.5) is 4.39 Å². The van der Waals surface area contributed by atoms with E-state index in [-0.39, 0.29) is 11.9 Å². The molecule has 0 aliphatic rings. The van der Waals surface area contributed by atoms with Gasteiger partial charge in [-0.15, -0.1) is 0 Å². The molecule has 2 rings (SSSR count). The highest BCUT2D eigenvalue weighted by Gasteiger charge is 2.08. The molecule has 4 heteroatoms. The van der Waals surface area contributed by atoms with Crippen LogP contribution in [0, 0.1) is 5.82 Å². The monoisotopic (exact) mass is 293 g/mol. The topological polar surface area (TPSA) is 21.3 Å². The number of nitrogens with one attached hydrogen (secondary N) is 1. The van der Waals surface area contributed by atoms with Crippen LogP contribution in [-0.4, -0.2) is 7.11 Å². The summed E-state index contributed by atoms with van der Waals surface area (Å²) in [5.74, 6) is 0.560. The second-order valence-electron chi connectivity index (χ2n) is 4.61. The molecule has 0 radical (unpaired) electrons. The minimum atomic E-state index is -0.225. The van der Waals surface area contributed by atoms with Crippen LogP contribution in [0.15, 0.2) is 42.5 Å². The molecule has 0 saturated carbocycles. The average molecular weight is 294 g/mol. The number of methoxy groups -OCH3 is 1. The molecule has 0 unspecified atom stereocenters. The second-order valence-corrected chi connectivity index (χ2v) is 5.05. The van der Waals surface area contributed by atoms with Crippen LogP contribution in [0.25, 0.3) is 0 Å². The molecule has 2 nitrogen and oxygen atoms in total. The first-order valence-electron chi connectivity index (χ1n) is 6.41. The zero-order valence-electron chi connectivity index (χ0n) is 11.5. The number of benzene rings is 2. The fourth-order valence-corrected chi connectivity index (χ4v) is 2.24. The molecule has 0 heterocycles. The molecule has 1 atom stereocenters. The van der Waals surface area contributed by atoms with E-state index in [1.165, 1.54) is 12.1 Å². The third-order valence-corrected chi connectivity index (χ3v) is 3.42. The van der Waals surface area contributed by atoms with Crippen molar-refractivity contribution in [1.82, 2.24) is 5.32 Å². The highest BCUT2D eigenvalue weighted by Crippen LogP contribution is 2.23. The van der Waals surface area contributed by atoms with E-state index in [2.05, 4.69) is 5.32 Å². The Hall–Kier alpha value is -1.58. The van der Waals surface area contributed by atoms with Crippen molar-refractivity contribution >= 4 is 11.6 Å². The summed E-state index contributed by atoms with van der Waals surface area (Å²) < 4.78 is 18.5. The van der Waals surface area contributed by atoms with Gasteiger partial charge in [0.25, 0.3) is 0 Å². The standard InChI is InChI=1S/C16H17ClFNO/c1-11(12-4-3-5-15(18)9-12)19-10-13-8-14(17)6-7-16(13)20-2/h3-9,11,19H,10H2,1-2H3/t11-/m1/s1. The van der Waals surface area contributed by atoms with E-state index in [4.69, 9.17) is 16.3 Å². The van der Waals surface area contributed by atoms with Crippen molar-refractivity contribution in [3.63, 3.8) is 0 Å². The summed E-state index contributed by atoms with van der Waals surface area (Å²) in [6, 6.07) is 12.1. The van der Waals surface area contributed by atoms with Crippen LogP contribution in [0.1, 0.15) is 24.1 Å². The van der Waals surface area contributed by atoms with Crippen LogP contribution in [0.2, 0.25) is 5.02 Å². The lowest BCUT2D eigenvalue weighted by molar-refractivity contribution is 0.406. The summed E-state index contributed by atoms with van der Waals surface area (Å²) in [7, 11) is 1.63. The largest absolute Gasteiger partial charge is 0.496 e. The molecule has 20 heavy (non-hydrogen) atoms. The van der Waals surface area contributed by atoms with E-state index in [9.17, 15) is 4.39 Å². The third kappa shape index (κ3) is 3.71. The molecule has 0 aliphatic carbocycles. The Bertz CT molecular complexity index is 588. The molecule has 0 amide bonds. The van der Waals surface area contributed by atoms with Crippen LogP contribution in [-0.2, 0) is 6.54 Å². The molecule has 0 spiro atoms. The fraction of sp³-hybridized carbons (Fsp3) is 0.250. The van der Waals surface area contributed by atoms with Gasteiger partial charge in [0.05, 0.1) is 7.11 Å². The van der Waals surface area contributed by atoms with Gasteiger partial charge >= 0.3 is 0 Å². The average Bonchev–Trinajstić information content (AvgIpc) is 2.45. The first-order valence-corrected chi connectivity index (χ1v) is 6.79. The Morgan fingerprint density at radius 1 is 1.25 bits per heavy atom. The molecule has 0 saturated heterocycles. The van der Waals surface area contributed by atoms with Crippen LogP contribution in [0.3, 0.4) is 0 Å². The van der Waals surface area contributed by atoms with Gasteiger partial charge in [-0.3, -0.25) is 0 Å². The van der Waals surface area contributed by atoms with Gasteiger partial charge in [0.2, 0.25) is 0 Å². The molecular formula is C16H17ClFNO. The SMILES string of the molecule is COc1ccc(Cl)cc1CN[C@H](C)c1cccc(F)c1. The maximum atomic E-state index is 13.2. The van der Waals surface area contributed by atoms with E-state index < -0.39 is 0 Å². The van der Waals surface area contributed by atoms with E-state index in [1.807, 2.05) is 25.1 Å². The van der Waals surface area contributed by atoms with Crippen molar-refractivity contribution in [2.45, 2.75) is 19.5 Å². The number of hydrogen-bond acceptors (Lipinski definition) is 2. The van der Waals surface area contributed by atoms with Gasteiger partial charge in [-0.05, 0) is 42.8 Å². The maximum absolute atomic E-state index is 13.2. The third-order valence-electron chi connectivity index (χ3n) is 3.19. The van der Waals surface area contributed by atoms with Gasteiger partial charge in [0, 0.05) is 23.2 Å². The molecule has 0 fully saturated rings. The Morgan fingerprint density at radius 2 is 2.05 bits per heavy atom. The van der Waals surface area contributed by atoms with Gasteiger partial charge < -0.3 is 10.1 Å². The molecular weight excluding hydrogens is 277 g/mol. The van der Waals surface area contributed by atoms with Crippen molar-refractivity contribution in [3.8, 4) is 5.75 Å². The van der Waals surface area contributed by atoms with Crippen molar-refractivity contribution in [2.24, 2.45) is 0 Å². The van der Waals surface area contributed by atoms with Gasteiger partial charge in [-0.1, -0.05) is 23.7 Å². The van der Waals surface area contributed by atoms with Gasteiger partial charge in [-0.2, -0.15) is 0 Å². The zero-order valence-corrected chi connectivity index (χ0v) is 12.2. The van der Waals surface area contributed by atoms with E-state index in [0.29, 0.717) is 11.6 Å². The zero-order chi connectivity index (χ0) is 14.5. The van der Waals surface area contributed by atoms with Gasteiger partial charge in [0.1, 0.15) is 11.6 Å². The Labute approximate surface area is 123 Å². The summed E-state index contributed by atoms with van der Waals surface area (Å²) in [6.45, 7) is 2.59.